The molecule has 0 amide bonds. The molecule has 2 N–H and O–H groups in total. The van der Waals surface area contributed by atoms with Crippen LogP contribution in [0, 0.1) is 17.6 Å². The molecule has 5 heteroatoms. The van der Waals surface area contributed by atoms with E-state index in [0.29, 0.717) is 12.5 Å². The molecule has 17 heavy (non-hydrogen) atoms. The highest BCUT2D eigenvalue weighted by Crippen LogP contribution is 2.24. The van der Waals surface area contributed by atoms with E-state index >= 15 is 0 Å². The van der Waals surface area contributed by atoms with E-state index < -0.39 is 11.6 Å². The van der Waals surface area contributed by atoms with Crippen molar-refractivity contribution in [1.82, 2.24) is 5.32 Å². The van der Waals surface area contributed by atoms with Crippen LogP contribution in [0.15, 0.2) is 16.6 Å². The molecule has 0 aliphatic carbocycles. The van der Waals surface area contributed by atoms with Crippen LogP contribution in [0.4, 0.5) is 14.5 Å². The number of hydrogen-bond acceptors (Lipinski definition) is 2. The minimum Gasteiger partial charge on any atom is -0.382 e. The molecule has 1 aliphatic heterocycles. The lowest BCUT2D eigenvalue weighted by molar-refractivity contribution is 0.389. The molecule has 1 aromatic rings. The average molecular weight is 305 g/mol. The van der Waals surface area contributed by atoms with Gasteiger partial charge in [-0.3, -0.25) is 0 Å². The molecule has 2 rings (SSSR count). The Hall–Kier alpha value is -0.680. The quantitative estimate of drug-likeness (QED) is 0.838. The molecule has 0 bridgehead atoms. The number of piperidine rings is 1. The zero-order chi connectivity index (χ0) is 12.3. The Kier molecular flexibility index (Phi) is 4.34. The molecule has 0 atom stereocenters. The van der Waals surface area contributed by atoms with Gasteiger partial charge in [0.15, 0.2) is 0 Å². The second-order valence-corrected chi connectivity index (χ2v) is 5.17. The SMILES string of the molecule is Fc1cc(NCC2CCNCC2)c(F)cc1Br. The molecule has 0 unspecified atom stereocenters. The Morgan fingerprint density at radius 1 is 1.24 bits per heavy atom. The van der Waals surface area contributed by atoms with Crippen molar-refractivity contribution in [3.05, 3.63) is 28.2 Å². The average Bonchev–Trinajstić information content (AvgIpc) is 2.33. The van der Waals surface area contributed by atoms with Crippen molar-refractivity contribution in [3.63, 3.8) is 0 Å². The summed E-state index contributed by atoms with van der Waals surface area (Å²) in [6.45, 7) is 2.70. The highest BCUT2D eigenvalue weighted by atomic mass is 79.9. The van der Waals surface area contributed by atoms with Gasteiger partial charge in [-0.2, -0.15) is 0 Å². The van der Waals surface area contributed by atoms with Crippen molar-refractivity contribution >= 4 is 21.6 Å². The molecule has 0 aromatic heterocycles. The van der Waals surface area contributed by atoms with E-state index in [-0.39, 0.29) is 10.2 Å². The van der Waals surface area contributed by atoms with Gasteiger partial charge in [0, 0.05) is 12.6 Å². The van der Waals surface area contributed by atoms with E-state index in [1.54, 1.807) is 0 Å². The lowest BCUT2D eigenvalue weighted by atomic mass is 9.98. The molecule has 1 aromatic carbocycles. The van der Waals surface area contributed by atoms with Gasteiger partial charge in [0.05, 0.1) is 10.2 Å². The van der Waals surface area contributed by atoms with Gasteiger partial charge in [0.2, 0.25) is 0 Å². The smallest absolute Gasteiger partial charge is 0.147 e. The van der Waals surface area contributed by atoms with Gasteiger partial charge in [-0.05, 0) is 53.8 Å². The second-order valence-electron chi connectivity index (χ2n) is 4.32. The fourth-order valence-electron chi connectivity index (χ4n) is 2.00. The van der Waals surface area contributed by atoms with Crippen LogP contribution in [-0.4, -0.2) is 19.6 Å². The lowest BCUT2D eigenvalue weighted by Crippen LogP contribution is -2.31. The summed E-state index contributed by atoms with van der Waals surface area (Å²) >= 11 is 2.96. The Labute approximate surface area is 108 Å². The van der Waals surface area contributed by atoms with Gasteiger partial charge in [-0.15, -0.1) is 0 Å². The second kappa shape index (κ2) is 5.78. The molecule has 1 fully saturated rings. The predicted octanol–water partition coefficient (Wildman–Crippen LogP) is 3.14. The maximum atomic E-state index is 13.5. The third kappa shape index (κ3) is 3.39. The monoisotopic (exact) mass is 304 g/mol. The van der Waals surface area contributed by atoms with Crippen molar-refractivity contribution in [3.8, 4) is 0 Å². The molecular formula is C12H15BrF2N2. The predicted molar refractivity (Wildman–Crippen MR) is 68.1 cm³/mol. The maximum Gasteiger partial charge on any atom is 0.147 e. The zero-order valence-electron chi connectivity index (χ0n) is 9.40. The summed E-state index contributed by atoms with van der Waals surface area (Å²) in [5.41, 5.74) is 0.240. The minimum atomic E-state index is -0.445. The van der Waals surface area contributed by atoms with Crippen LogP contribution < -0.4 is 10.6 Å². The topological polar surface area (TPSA) is 24.1 Å². The Bertz CT molecular complexity index is 392. The molecule has 1 heterocycles. The summed E-state index contributed by atoms with van der Waals surface area (Å²) in [4.78, 5) is 0. The van der Waals surface area contributed by atoms with Crippen LogP contribution in [0.2, 0.25) is 0 Å². The van der Waals surface area contributed by atoms with Gasteiger partial charge < -0.3 is 10.6 Å². The van der Waals surface area contributed by atoms with Crippen molar-refractivity contribution in [2.75, 3.05) is 25.0 Å². The number of hydrogen-bond donors (Lipinski definition) is 2. The Morgan fingerprint density at radius 2 is 1.94 bits per heavy atom. The maximum absolute atomic E-state index is 13.5. The van der Waals surface area contributed by atoms with E-state index in [1.165, 1.54) is 6.07 Å². The standard InChI is InChI=1S/C12H15BrF2N2/c13-9-5-11(15)12(6-10(9)14)17-7-8-1-3-16-4-2-8/h5-6,8,16-17H,1-4,7H2. The first-order valence-corrected chi connectivity index (χ1v) is 6.55. The van der Waals surface area contributed by atoms with Crippen LogP contribution in [0.5, 0.6) is 0 Å². The summed E-state index contributed by atoms with van der Waals surface area (Å²) < 4.78 is 26.9. The first kappa shape index (κ1) is 12.8. The normalized spacial score (nSPS) is 17.1. The summed E-state index contributed by atoms with van der Waals surface area (Å²) in [5.74, 6) is -0.339. The van der Waals surface area contributed by atoms with Gasteiger partial charge in [0.25, 0.3) is 0 Å². The largest absolute Gasteiger partial charge is 0.382 e. The number of rotatable bonds is 3. The van der Waals surface area contributed by atoms with Crippen molar-refractivity contribution in [1.29, 1.82) is 0 Å². The fraction of sp³-hybridized carbons (Fsp3) is 0.500. The van der Waals surface area contributed by atoms with E-state index in [4.69, 9.17) is 0 Å². The van der Waals surface area contributed by atoms with Crippen LogP contribution in [0.25, 0.3) is 0 Å². The molecular weight excluding hydrogens is 290 g/mol. The first-order chi connectivity index (χ1) is 8.16. The summed E-state index contributed by atoms with van der Waals surface area (Å²) in [5, 5.41) is 6.26. The first-order valence-electron chi connectivity index (χ1n) is 5.76. The third-order valence-corrected chi connectivity index (χ3v) is 3.66. The number of benzene rings is 1. The molecule has 2 nitrogen and oxygen atoms in total. The molecule has 0 spiro atoms. The molecule has 0 radical (unpaired) electrons. The van der Waals surface area contributed by atoms with Crippen LogP contribution in [0.1, 0.15) is 12.8 Å². The van der Waals surface area contributed by atoms with Gasteiger partial charge in [0.1, 0.15) is 11.6 Å². The number of anilines is 1. The van der Waals surface area contributed by atoms with Gasteiger partial charge in [-0.25, -0.2) is 8.78 Å². The lowest BCUT2D eigenvalue weighted by Gasteiger charge is -2.23. The van der Waals surface area contributed by atoms with E-state index in [2.05, 4.69) is 26.6 Å². The van der Waals surface area contributed by atoms with E-state index in [0.717, 1.165) is 32.0 Å². The molecule has 0 saturated carbocycles. The highest BCUT2D eigenvalue weighted by molar-refractivity contribution is 9.10. The zero-order valence-corrected chi connectivity index (χ0v) is 11.0. The van der Waals surface area contributed by atoms with Gasteiger partial charge in [-0.1, -0.05) is 0 Å². The van der Waals surface area contributed by atoms with Crippen molar-refractivity contribution in [2.45, 2.75) is 12.8 Å². The number of halogens is 3. The van der Waals surface area contributed by atoms with Crippen LogP contribution in [0.3, 0.4) is 0 Å². The van der Waals surface area contributed by atoms with E-state index in [1.807, 2.05) is 0 Å². The summed E-state index contributed by atoms with van der Waals surface area (Å²) in [6.07, 6.45) is 2.15. The minimum absolute atomic E-state index is 0.155. The highest BCUT2D eigenvalue weighted by Gasteiger charge is 2.14. The fourth-order valence-corrected chi connectivity index (χ4v) is 2.31. The molecule has 94 valence electrons. The molecule has 1 saturated heterocycles. The summed E-state index contributed by atoms with van der Waals surface area (Å²) in [7, 11) is 0. The Balaban J connectivity index is 1.96. The van der Waals surface area contributed by atoms with Crippen LogP contribution >= 0.6 is 15.9 Å². The summed E-state index contributed by atoms with van der Waals surface area (Å²) in [6, 6.07) is 2.35. The van der Waals surface area contributed by atoms with Crippen LogP contribution in [-0.2, 0) is 0 Å². The van der Waals surface area contributed by atoms with E-state index in [9.17, 15) is 8.78 Å². The third-order valence-electron chi connectivity index (χ3n) is 3.05. The number of nitrogens with one attached hydrogen (secondary N) is 2. The van der Waals surface area contributed by atoms with Gasteiger partial charge >= 0.3 is 0 Å². The van der Waals surface area contributed by atoms with Crippen molar-refractivity contribution < 1.29 is 8.78 Å². The molecule has 1 aliphatic rings. The Morgan fingerprint density at radius 3 is 2.65 bits per heavy atom. The van der Waals surface area contributed by atoms with Crippen molar-refractivity contribution in [2.24, 2.45) is 5.92 Å².